The monoisotopic (exact) mass is 273 g/mol. The average Bonchev–Trinajstić information content (AvgIpc) is 2.28. The molecule has 0 aliphatic heterocycles. The van der Waals surface area contributed by atoms with Crippen LogP contribution in [0.1, 0.15) is 80.1 Å². The van der Waals surface area contributed by atoms with Crippen molar-refractivity contribution >= 4 is 5.97 Å². The van der Waals surface area contributed by atoms with Gasteiger partial charge in [-0.3, -0.25) is 4.79 Å². The molecule has 0 aromatic rings. The molecule has 0 fully saturated rings. The Labute approximate surface area is 120 Å². The van der Waals surface area contributed by atoms with E-state index in [1.54, 1.807) is 13.8 Å². The molecule has 0 bridgehead atoms. The van der Waals surface area contributed by atoms with Gasteiger partial charge in [-0.1, -0.05) is 59.8 Å². The van der Waals surface area contributed by atoms with Crippen LogP contribution in [0.25, 0.3) is 0 Å². The highest BCUT2D eigenvalue weighted by Crippen LogP contribution is 2.20. The van der Waals surface area contributed by atoms with Crippen molar-refractivity contribution in [1.29, 1.82) is 0 Å². The lowest BCUT2D eigenvalue weighted by molar-refractivity contribution is -0.140. The minimum absolute atomic E-state index is 0.00472. The van der Waals surface area contributed by atoms with Crippen LogP contribution in [0.2, 0.25) is 0 Å². The van der Waals surface area contributed by atoms with Gasteiger partial charge in [-0.15, -0.1) is 0 Å². The molecule has 116 valence electrons. The van der Waals surface area contributed by atoms with Crippen LogP contribution in [0.5, 0.6) is 0 Å². The first-order valence-corrected chi connectivity index (χ1v) is 7.64. The molecule has 0 rings (SSSR count). The summed E-state index contributed by atoms with van der Waals surface area (Å²) < 4.78 is 0. The van der Waals surface area contributed by atoms with Crippen molar-refractivity contribution in [3.8, 4) is 0 Å². The number of rotatable bonds is 8. The van der Waals surface area contributed by atoms with Crippen LogP contribution in [0.4, 0.5) is 0 Å². The molecule has 0 saturated heterocycles. The number of nitrogens with two attached hydrogens (primary N) is 1. The molecule has 0 aliphatic rings. The van der Waals surface area contributed by atoms with E-state index >= 15 is 0 Å². The van der Waals surface area contributed by atoms with Gasteiger partial charge in [0.1, 0.15) is 0 Å². The van der Waals surface area contributed by atoms with Crippen LogP contribution in [-0.4, -0.2) is 16.6 Å². The van der Waals surface area contributed by atoms with E-state index in [0.717, 1.165) is 0 Å². The van der Waals surface area contributed by atoms with Crippen LogP contribution >= 0.6 is 0 Å². The highest BCUT2D eigenvalue weighted by Gasteiger charge is 2.19. The summed E-state index contributed by atoms with van der Waals surface area (Å²) in [6, 6.07) is 0. The predicted octanol–water partition coefficient (Wildman–Crippen LogP) is 4.45. The van der Waals surface area contributed by atoms with Gasteiger partial charge in [-0.05, 0) is 26.2 Å². The zero-order valence-corrected chi connectivity index (χ0v) is 13.8. The van der Waals surface area contributed by atoms with Crippen molar-refractivity contribution in [2.75, 3.05) is 0 Å². The first-order valence-electron chi connectivity index (χ1n) is 7.64. The van der Waals surface area contributed by atoms with Crippen molar-refractivity contribution in [1.82, 2.24) is 0 Å². The van der Waals surface area contributed by atoms with E-state index < -0.39 is 5.97 Å². The van der Waals surface area contributed by atoms with Gasteiger partial charge in [-0.2, -0.15) is 0 Å². The molecule has 0 aliphatic carbocycles. The molecule has 0 heterocycles. The normalized spacial score (nSPS) is 12.8. The Hall–Kier alpha value is -0.570. The molecule has 19 heavy (non-hydrogen) atoms. The zero-order valence-electron chi connectivity index (χ0n) is 13.8. The van der Waals surface area contributed by atoms with Crippen LogP contribution in [-0.2, 0) is 4.79 Å². The van der Waals surface area contributed by atoms with Crippen molar-refractivity contribution in [2.45, 2.75) is 85.6 Å². The summed E-state index contributed by atoms with van der Waals surface area (Å²) in [5, 5.41) is 7.99. The smallest absolute Gasteiger partial charge is 0.305 e. The summed E-state index contributed by atoms with van der Waals surface area (Å²) in [5.41, 5.74) is 6.02. The topological polar surface area (TPSA) is 63.3 Å². The van der Waals surface area contributed by atoms with Crippen molar-refractivity contribution < 1.29 is 9.90 Å². The van der Waals surface area contributed by atoms with Crippen molar-refractivity contribution in [3.05, 3.63) is 0 Å². The number of carbonyl (C=O) groups is 1. The molecule has 3 nitrogen and oxygen atoms in total. The Bertz CT molecular complexity index is 219. The molecule has 0 spiro atoms. The van der Waals surface area contributed by atoms with Gasteiger partial charge >= 0.3 is 5.97 Å². The minimum Gasteiger partial charge on any atom is -0.481 e. The number of unbranched alkanes of at least 4 members (excludes halogenated alkanes) is 4. The SMILES string of the molecule is CC(C)C(=O)O.CCCCCCCC(C)C(C)(C)N. The quantitative estimate of drug-likeness (QED) is 0.642. The third kappa shape index (κ3) is 15.4. The number of carboxylic acid groups (broad SMARTS) is 1. The van der Waals surface area contributed by atoms with E-state index in [1.807, 2.05) is 0 Å². The number of aliphatic carboxylic acids is 1. The number of hydrogen-bond acceptors (Lipinski definition) is 2. The molecule has 1 atom stereocenters. The van der Waals surface area contributed by atoms with Gasteiger partial charge in [0.2, 0.25) is 0 Å². The van der Waals surface area contributed by atoms with E-state index in [2.05, 4.69) is 27.7 Å². The fraction of sp³-hybridized carbons (Fsp3) is 0.938. The Balaban J connectivity index is 0. The molecule has 0 saturated carbocycles. The van der Waals surface area contributed by atoms with Crippen LogP contribution < -0.4 is 5.73 Å². The molecule has 3 N–H and O–H groups in total. The molecule has 0 aromatic heterocycles. The number of hydrogen-bond donors (Lipinski definition) is 2. The Morgan fingerprint density at radius 2 is 1.53 bits per heavy atom. The highest BCUT2D eigenvalue weighted by molar-refractivity contribution is 5.68. The summed E-state index contributed by atoms with van der Waals surface area (Å²) in [4.78, 5) is 9.70. The second-order valence-corrected chi connectivity index (χ2v) is 6.42. The zero-order chi connectivity index (χ0) is 15.5. The first kappa shape index (κ1) is 20.7. The van der Waals surface area contributed by atoms with E-state index in [-0.39, 0.29) is 11.5 Å². The van der Waals surface area contributed by atoms with Gasteiger partial charge < -0.3 is 10.8 Å². The average molecular weight is 273 g/mol. The van der Waals surface area contributed by atoms with Crippen LogP contribution in [0, 0.1) is 11.8 Å². The lowest BCUT2D eigenvalue weighted by atomic mass is 9.86. The van der Waals surface area contributed by atoms with Crippen molar-refractivity contribution in [3.63, 3.8) is 0 Å². The van der Waals surface area contributed by atoms with E-state index in [0.29, 0.717) is 5.92 Å². The van der Waals surface area contributed by atoms with Gasteiger partial charge in [0.25, 0.3) is 0 Å². The second-order valence-electron chi connectivity index (χ2n) is 6.42. The van der Waals surface area contributed by atoms with Gasteiger partial charge in [0, 0.05) is 5.54 Å². The Kier molecular flexibility index (Phi) is 12.3. The largest absolute Gasteiger partial charge is 0.481 e. The molecular formula is C16H35NO2. The summed E-state index contributed by atoms with van der Waals surface area (Å²) in [7, 11) is 0. The number of carboxylic acids is 1. The fourth-order valence-electron chi connectivity index (χ4n) is 1.43. The minimum atomic E-state index is -0.741. The lowest BCUT2D eigenvalue weighted by Gasteiger charge is -2.27. The maximum atomic E-state index is 9.70. The lowest BCUT2D eigenvalue weighted by Crippen LogP contribution is -2.39. The Morgan fingerprint density at radius 3 is 1.84 bits per heavy atom. The van der Waals surface area contributed by atoms with E-state index in [4.69, 9.17) is 10.8 Å². The maximum absolute atomic E-state index is 9.70. The first-order chi connectivity index (χ1) is 8.62. The summed E-state index contributed by atoms with van der Waals surface area (Å²) in [6.07, 6.45) is 8.13. The predicted molar refractivity (Wildman–Crippen MR) is 83.3 cm³/mol. The fourth-order valence-corrected chi connectivity index (χ4v) is 1.43. The molecular weight excluding hydrogens is 238 g/mol. The van der Waals surface area contributed by atoms with E-state index in [9.17, 15) is 4.79 Å². The van der Waals surface area contributed by atoms with Crippen LogP contribution in [0.3, 0.4) is 0 Å². The van der Waals surface area contributed by atoms with E-state index in [1.165, 1.54) is 38.5 Å². The van der Waals surface area contributed by atoms with Crippen LogP contribution in [0.15, 0.2) is 0 Å². The summed E-state index contributed by atoms with van der Waals surface area (Å²) in [5.74, 6) is -0.325. The summed E-state index contributed by atoms with van der Waals surface area (Å²) in [6.45, 7) is 12.1. The van der Waals surface area contributed by atoms with Gasteiger partial charge in [-0.25, -0.2) is 0 Å². The third-order valence-corrected chi connectivity index (χ3v) is 3.50. The third-order valence-electron chi connectivity index (χ3n) is 3.50. The standard InChI is InChI=1S/C12H27N.C4H8O2/c1-5-6-7-8-9-10-11(2)12(3,4)13;1-3(2)4(5)6/h11H,5-10,13H2,1-4H3;3H,1-2H3,(H,5,6). The van der Waals surface area contributed by atoms with Gasteiger partial charge in [0.05, 0.1) is 5.92 Å². The molecule has 0 aromatic carbocycles. The molecule has 0 radical (unpaired) electrons. The summed E-state index contributed by atoms with van der Waals surface area (Å²) >= 11 is 0. The highest BCUT2D eigenvalue weighted by atomic mass is 16.4. The molecule has 3 heteroatoms. The van der Waals surface area contributed by atoms with Crippen molar-refractivity contribution in [2.24, 2.45) is 17.6 Å². The Morgan fingerprint density at radius 1 is 1.11 bits per heavy atom. The molecule has 1 unspecified atom stereocenters. The van der Waals surface area contributed by atoms with Gasteiger partial charge in [0.15, 0.2) is 0 Å². The molecule has 0 amide bonds. The maximum Gasteiger partial charge on any atom is 0.305 e. The second kappa shape index (κ2) is 11.3.